The van der Waals surface area contributed by atoms with E-state index >= 15 is 0 Å². The molecule has 2 heterocycles. The Morgan fingerprint density at radius 3 is 2.79 bits per heavy atom. The van der Waals surface area contributed by atoms with Crippen molar-refractivity contribution in [3.63, 3.8) is 0 Å². The highest BCUT2D eigenvalue weighted by Crippen LogP contribution is 2.24. The van der Waals surface area contributed by atoms with Gasteiger partial charge >= 0.3 is 0 Å². The zero-order valence-corrected chi connectivity index (χ0v) is 16.7. The van der Waals surface area contributed by atoms with Crippen LogP contribution in [0.3, 0.4) is 0 Å². The maximum absolute atomic E-state index is 12.3. The first-order valence-corrected chi connectivity index (χ1v) is 10.3. The minimum atomic E-state index is -2.48. The smallest absolute Gasteiger partial charge is 0.272 e. The van der Waals surface area contributed by atoms with Crippen LogP contribution in [0.25, 0.3) is 0 Å². The lowest BCUT2D eigenvalue weighted by molar-refractivity contribution is 0.0818. The van der Waals surface area contributed by atoms with E-state index in [2.05, 4.69) is 38.0 Å². The van der Waals surface area contributed by atoms with Crippen LogP contribution >= 0.6 is 11.3 Å². The molecule has 0 unspecified atom stereocenters. The number of anilines is 1. The molecular weight excluding hydrogens is 382 g/mol. The quantitative estimate of drug-likeness (QED) is 0.542. The highest BCUT2D eigenvalue weighted by atomic mass is 32.1. The molecule has 0 amide bonds. The van der Waals surface area contributed by atoms with Gasteiger partial charge in [0.15, 0.2) is 5.96 Å². The lowest BCUT2D eigenvalue weighted by Gasteiger charge is -2.33. The molecule has 0 saturated carbocycles. The van der Waals surface area contributed by atoms with E-state index in [-0.39, 0.29) is 0 Å². The number of rotatable bonds is 7. The van der Waals surface area contributed by atoms with Gasteiger partial charge < -0.3 is 20.3 Å². The van der Waals surface area contributed by atoms with Gasteiger partial charge in [-0.05, 0) is 48.1 Å². The van der Waals surface area contributed by atoms with Crippen LogP contribution in [-0.4, -0.2) is 45.2 Å². The Hall–Kier alpha value is -2.35. The number of benzene rings is 1. The minimum Gasteiger partial charge on any atom is -0.488 e. The molecule has 1 aliphatic rings. The molecule has 0 aliphatic carbocycles. The number of nitrogens with one attached hydrogen (secondary N) is 2. The third kappa shape index (κ3) is 6.09. The fourth-order valence-electron chi connectivity index (χ4n) is 3.17. The standard InChI is InChI=1S/C20H26F2N4OS/c1-23-20(24-13-15-4-2-5-17(12-15)27-14-18(21)22)25-16-7-9-26(10-8-16)19-6-3-11-28-19/h2-6,11-12,16,18H,7-10,13-14H2,1H3,(H2,23,24,25). The second-order valence-corrected chi connectivity index (χ2v) is 7.56. The molecule has 1 aliphatic heterocycles. The zero-order chi connectivity index (χ0) is 19.8. The van der Waals surface area contributed by atoms with Gasteiger partial charge in [0.05, 0.1) is 5.00 Å². The normalized spacial score (nSPS) is 15.7. The summed E-state index contributed by atoms with van der Waals surface area (Å²) in [5.74, 6) is 1.19. The van der Waals surface area contributed by atoms with Crippen molar-refractivity contribution in [3.8, 4) is 5.75 Å². The van der Waals surface area contributed by atoms with Crippen molar-refractivity contribution >= 4 is 22.3 Å². The number of thiophene rings is 1. The Balaban J connectivity index is 1.44. The van der Waals surface area contributed by atoms with Crippen molar-refractivity contribution in [1.82, 2.24) is 10.6 Å². The first kappa shape index (κ1) is 20.4. The maximum Gasteiger partial charge on any atom is 0.272 e. The maximum atomic E-state index is 12.3. The molecule has 1 fully saturated rings. The average Bonchev–Trinajstić information content (AvgIpc) is 3.25. The molecule has 0 spiro atoms. The predicted molar refractivity (Wildman–Crippen MR) is 111 cm³/mol. The largest absolute Gasteiger partial charge is 0.488 e. The van der Waals surface area contributed by atoms with E-state index in [9.17, 15) is 8.78 Å². The van der Waals surface area contributed by atoms with Crippen molar-refractivity contribution in [3.05, 3.63) is 47.3 Å². The van der Waals surface area contributed by atoms with Crippen molar-refractivity contribution in [2.24, 2.45) is 4.99 Å². The van der Waals surface area contributed by atoms with Crippen molar-refractivity contribution in [2.75, 3.05) is 31.6 Å². The highest BCUT2D eigenvalue weighted by Gasteiger charge is 2.20. The molecular formula is C20H26F2N4OS. The van der Waals surface area contributed by atoms with Crippen molar-refractivity contribution in [1.29, 1.82) is 0 Å². The summed E-state index contributed by atoms with van der Waals surface area (Å²) in [7, 11) is 1.75. The number of alkyl halides is 2. The second kappa shape index (κ2) is 10.3. The summed E-state index contributed by atoms with van der Waals surface area (Å²) in [6.45, 7) is 2.00. The molecule has 1 aromatic carbocycles. The third-order valence-corrected chi connectivity index (χ3v) is 5.54. The molecule has 152 valence electrons. The molecule has 3 rings (SSSR count). The summed E-state index contributed by atoms with van der Waals surface area (Å²) < 4.78 is 29.6. The van der Waals surface area contributed by atoms with Crippen LogP contribution in [-0.2, 0) is 6.54 Å². The molecule has 1 aromatic heterocycles. The molecule has 5 nitrogen and oxygen atoms in total. The van der Waals surface area contributed by atoms with E-state index in [0.717, 1.165) is 37.5 Å². The summed E-state index contributed by atoms with van der Waals surface area (Å²) in [5.41, 5.74) is 0.947. The SMILES string of the molecule is CN=C(NCc1cccc(OCC(F)F)c1)NC1CCN(c2cccs2)CC1. The van der Waals surface area contributed by atoms with Crippen LogP contribution in [0.4, 0.5) is 13.8 Å². The molecule has 2 aromatic rings. The van der Waals surface area contributed by atoms with E-state index < -0.39 is 13.0 Å². The molecule has 1 saturated heterocycles. The fraction of sp³-hybridized carbons (Fsp3) is 0.450. The number of piperidine rings is 1. The van der Waals surface area contributed by atoms with Crippen LogP contribution in [0.15, 0.2) is 46.8 Å². The van der Waals surface area contributed by atoms with Crippen LogP contribution in [0.5, 0.6) is 5.75 Å². The Bertz CT molecular complexity index is 746. The van der Waals surface area contributed by atoms with E-state index in [1.165, 1.54) is 5.00 Å². The zero-order valence-electron chi connectivity index (χ0n) is 15.9. The number of hydrogen-bond donors (Lipinski definition) is 2. The van der Waals surface area contributed by atoms with Gasteiger partial charge in [0.25, 0.3) is 6.43 Å². The second-order valence-electron chi connectivity index (χ2n) is 6.63. The Labute approximate surface area is 168 Å². The molecule has 0 atom stereocenters. The number of guanidine groups is 1. The van der Waals surface area contributed by atoms with Crippen molar-refractivity contribution < 1.29 is 13.5 Å². The van der Waals surface area contributed by atoms with Crippen LogP contribution in [0.1, 0.15) is 18.4 Å². The van der Waals surface area contributed by atoms with E-state index in [1.54, 1.807) is 36.6 Å². The number of nitrogens with zero attached hydrogens (tertiary/aromatic N) is 2. The van der Waals surface area contributed by atoms with Gasteiger partial charge in [0.2, 0.25) is 0 Å². The number of ether oxygens (including phenoxy) is 1. The van der Waals surface area contributed by atoms with Gasteiger partial charge in [-0.1, -0.05) is 12.1 Å². The van der Waals surface area contributed by atoms with Gasteiger partial charge in [0.1, 0.15) is 12.4 Å². The topological polar surface area (TPSA) is 48.9 Å². The van der Waals surface area contributed by atoms with Crippen molar-refractivity contribution in [2.45, 2.75) is 31.9 Å². The average molecular weight is 409 g/mol. The lowest BCUT2D eigenvalue weighted by atomic mass is 10.1. The molecule has 0 bridgehead atoms. The summed E-state index contributed by atoms with van der Waals surface area (Å²) in [6.07, 6.45) is -0.374. The van der Waals surface area contributed by atoms with Crippen LogP contribution in [0.2, 0.25) is 0 Å². The molecule has 0 radical (unpaired) electrons. The first-order chi connectivity index (χ1) is 13.6. The number of hydrogen-bond acceptors (Lipinski definition) is 4. The summed E-state index contributed by atoms with van der Waals surface area (Å²) >= 11 is 1.78. The molecule has 8 heteroatoms. The molecule has 2 N–H and O–H groups in total. The third-order valence-electron chi connectivity index (χ3n) is 4.61. The lowest BCUT2D eigenvalue weighted by Crippen LogP contribution is -2.48. The Kier molecular flexibility index (Phi) is 7.47. The van der Waals surface area contributed by atoms with Gasteiger partial charge in [-0.25, -0.2) is 8.78 Å². The fourth-order valence-corrected chi connectivity index (χ4v) is 3.96. The monoisotopic (exact) mass is 408 g/mol. The van der Waals surface area contributed by atoms with Crippen LogP contribution in [0, 0.1) is 0 Å². The van der Waals surface area contributed by atoms with Crippen LogP contribution < -0.4 is 20.3 Å². The predicted octanol–water partition coefficient (Wildman–Crippen LogP) is 3.73. The van der Waals surface area contributed by atoms with E-state index in [0.29, 0.717) is 18.3 Å². The number of aliphatic imine (C=N–C) groups is 1. The molecule has 28 heavy (non-hydrogen) atoms. The number of halogens is 2. The minimum absolute atomic E-state index is 0.378. The van der Waals surface area contributed by atoms with Gasteiger partial charge in [0, 0.05) is 32.7 Å². The highest BCUT2D eigenvalue weighted by molar-refractivity contribution is 7.14. The summed E-state index contributed by atoms with van der Waals surface area (Å²) in [6, 6.07) is 11.8. The first-order valence-electron chi connectivity index (χ1n) is 9.39. The van der Waals surface area contributed by atoms with Gasteiger partial charge in [-0.15, -0.1) is 11.3 Å². The van der Waals surface area contributed by atoms with Gasteiger partial charge in [-0.3, -0.25) is 4.99 Å². The van der Waals surface area contributed by atoms with E-state index in [4.69, 9.17) is 4.74 Å². The Morgan fingerprint density at radius 1 is 1.29 bits per heavy atom. The van der Waals surface area contributed by atoms with E-state index in [1.807, 2.05) is 6.07 Å². The Morgan fingerprint density at radius 2 is 2.11 bits per heavy atom. The summed E-state index contributed by atoms with van der Waals surface area (Å²) in [4.78, 5) is 6.72. The van der Waals surface area contributed by atoms with Gasteiger partial charge in [-0.2, -0.15) is 0 Å². The summed E-state index contributed by atoms with van der Waals surface area (Å²) in [5, 5.41) is 10.2.